The van der Waals surface area contributed by atoms with Crippen LogP contribution in [0, 0.1) is 0 Å². The summed E-state index contributed by atoms with van der Waals surface area (Å²) in [5.41, 5.74) is 0.594. The molecule has 16 heavy (non-hydrogen) atoms. The molecular weight excluding hydrogens is 272 g/mol. The monoisotopic (exact) mass is 286 g/mol. The fourth-order valence-electron chi connectivity index (χ4n) is 1.91. The van der Waals surface area contributed by atoms with Gasteiger partial charge in [0, 0.05) is 6.42 Å². The molecule has 1 unspecified atom stereocenters. The summed E-state index contributed by atoms with van der Waals surface area (Å²) in [5.74, 6) is 0.700. The van der Waals surface area contributed by atoms with E-state index >= 15 is 0 Å². The van der Waals surface area contributed by atoms with E-state index in [1.165, 1.54) is 0 Å². The SMILES string of the molecule is CCC(=O)c1c(Br)nn2c1OCCCC2C. The number of ether oxygens (including phenoxy) is 1. The van der Waals surface area contributed by atoms with Gasteiger partial charge in [0.1, 0.15) is 10.2 Å². The highest BCUT2D eigenvalue weighted by molar-refractivity contribution is 9.10. The lowest BCUT2D eigenvalue weighted by Crippen LogP contribution is -2.07. The Labute approximate surface area is 103 Å². The minimum atomic E-state index is 0.0715. The van der Waals surface area contributed by atoms with Crippen molar-refractivity contribution in [3.05, 3.63) is 10.2 Å². The van der Waals surface area contributed by atoms with Gasteiger partial charge in [-0.3, -0.25) is 4.79 Å². The van der Waals surface area contributed by atoms with Crippen LogP contribution < -0.4 is 4.74 Å². The third-order valence-corrected chi connectivity index (χ3v) is 3.40. The van der Waals surface area contributed by atoms with Crippen LogP contribution in [0.25, 0.3) is 0 Å². The summed E-state index contributed by atoms with van der Waals surface area (Å²) in [6.45, 7) is 4.60. The van der Waals surface area contributed by atoms with Crippen LogP contribution in [0.5, 0.6) is 5.88 Å². The van der Waals surface area contributed by atoms with Gasteiger partial charge in [-0.25, -0.2) is 4.68 Å². The largest absolute Gasteiger partial charge is 0.477 e. The molecule has 1 aromatic rings. The van der Waals surface area contributed by atoms with Crippen molar-refractivity contribution in [1.82, 2.24) is 9.78 Å². The molecule has 1 aliphatic rings. The van der Waals surface area contributed by atoms with E-state index in [9.17, 15) is 4.79 Å². The molecule has 5 heteroatoms. The quantitative estimate of drug-likeness (QED) is 0.785. The van der Waals surface area contributed by atoms with Crippen LogP contribution in [0.4, 0.5) is 0 Å². The first kappa shape index (κ1) is 11.6. The number of carbonyl (C=O) groups is 1. The lowest BCUT2D eigenvalue weighted by molar-refractivity contribution is 0.0983. The van der Waals surface area contributed by atoms with Gasteiger partial charge in [0.2, 0.25) is 5.88 Å². The second-order valence-corrected chi connectivity index (χ2v) is 4.78. The van der Waals surface area contributed by atoms with Gasteiger partial charge in [0.15, 0.2) is 5.78 Å². The number of fused-ring (bicyclic) bond motifs is 1. The van der Waals surface area contributed by atoms with Crippen molar-refractivity contribution >= 4 is 21.7 Å². The molecule has 0 aromatic carbocycles. The molecule has 2 rings (SSSR count). The number of Topliss-reactive ketones (excluding diaryl/α,β-unsaturated/α-hetero) is 1. The molecule has 2 heterocycles. The molecule has 0 saturated carbocycles. The number of hydrogen-bond donors (Lipinski definition) is 0. The first-order valence-electron chi connectivity index (χ1n) is 5.59. The molecule has 0 bridgehead atoms. The number of hydrogen-bond acceptors (Lipinski definition) is 3. The highest BCUT2D eigenvalue weighted by atomic mass is 79.9. The maximum absolute atomic E-state index is 11.8. The minimum absolute atomic E-state index is 0.0715. The van der Waals surface area contributed by atoms with Gasteiger partial charge in [-0.2, -0.15) is 5.10 Å². The van der Waals surface area contributed by atoms with E-state index in [1.54, 1.807) is 0 Å². The Morgan fingerprint density at radius 2 is 2.44 bits per heavy atom. The lowest BCUT2D eigenvalue weighted by atomic mass is 10.2. The van der Waals surface area contributed by atoms with Crippen LogP contribution in [0.2, 0.25) is 0 Å². The van der Waals surface area contributed by atoms with Crippen LogP contribution in [0.1, 0.15) is 49.5 Å². The molecular formula is C11H15BrN2O2. The first-order chi connectivity index (χ1) is 7.65. The summed E-state index contributed by atoms with van der Waals surface area (Å²) in [5, 5.41) is 4.35. The van der Waals surface area contributed by atoms with Gasteiger partial charge >= 0.3 is 0 Å². The molecule has 4 nitrogen and oxygen atoms in total. The van der Waals surface area contributed by atoms with Crippen LogP contribution in [-0.2, 0) is 0 Å². The standard InChI is InChI=1S/C11H15BrN2O2/c1-3-8(15)9-10(12)13-14-7(2)5-4-6-16-11(9)14/h7H,3-6H2,1-2H3. The second-order valence-electron chi connectivity index (χ2n) is 4.03. The molecule has 1 atom stereocenters. The van der Waals surface area contributed by atoms with E-state index in [0.29, 0.717) is 29.1 Å². The highest BCUT2D eigenvalue weighted by Gasteiger charge is 2.26. The fraction of sp³-hybridized carbons (Fsp3) is 0.636. The Kier molecular flexibility index (Phi) is 3.33. The highest BCUT2D eigenvalue weighted by Crippen LogP contribution is 2.33. The maximum atomic E-state index is 11.8. The van der Waals surface area contributed by atoms with Crippen LogP contribution in [-0.4, -0.2) is 22.2 Å². The molecule has 0 amide bonds. The van der Waals surface area contributed by atoms with Crippen molar-refractivity contribution in [3.63, 3.8) is 0 Å². The Morgan fingerprint density at radius 3 is 3.12 bits per heavy atom. The van der Waals surface area contributed by atoms with Crippen molar-refractivity contribution < 1.29 is 9.53 Å². The third kappa shape index (κ3) is 1.88. The smallest absolute Gasteiger partial charge is 0.224 e. The normalized spacial score (nSPS) is 19.8. The second kappa shape index (κ2) is 4.57. The van der Waals surface area contributed by atoms with E-state index in [1.807, 2.05) is 11.6 Å². The van der Waals surface area contributed by atoms with Crippen LogP contribution in [0.3, 0.4) is 0 Å². The van der Waals surface area contributed by atoms with Crippen molar-refractivity contribution in [1.29, 1.82) is 0 Å². The van der Waals surface area contributed by atoms with E-state index in [2.05, 4.69) is 28.0 Å². The maximum Gasteiger partial charge on any atom is 0.224 e. The van der Waals surface area contributed by atoms with Crippen LogP contribution >= 0.6 is 15.9 Å². The fourth-order valence-corrected chi connectivity index (χ4v) is 2.47. The van der Waals surface area contributed by atoms with E-state index in [-0.39, 0.29) is 11.8 Å². The summed E-state index contributed by atoms with van der Waals surface area (Å²) in [6, 6.07) is 0.284. The van der Waals surface area contributed by atoms with Crippen molar-refractivity contribution in [3.8, 4) is 5.88 Å². The minimum Gasteiger partial charge on any atom is -0.477 e. The van der Waals surface area contributed by atoms with Crippen molar-refractivity contribution in [2.45, 2.75) is 39.2 Å². The Hall–Kier alpha value is -0.840. The molecule has 1 aliphatic heterocycles. The van der Waals surface area contributed by atoms with Gasteiger partial charge in [-0.15, -0.1) is 0 Å². The average molecular weight is 287 g/mol. The Bertz CT molecular complexity index is 414. The van der Waals surface area contributed by atoms with E-state index < -0.39 is 0 Å². The number of carbonyl (C=O) groups excluding carboxylic acids is 1. The van der Waals surface area contributed by atoms with Gasteiger partial charge in [0.05, 0.1) is 12.6 Å². The predicted octanol–water partition coefficient (Wildman–Crippen LogP) is 2.97. The van der Waals surface area contributed by atoms with Crippen LogP contribution in [0.15, 0.2) is 4.60 Å². The zero-order valence-corrected chi connectivity index (χ0v) is 11.1. The van der Waals surface area contributed by atoms with Gasteiger partial charge < -0.3 is 4.74 Å². The zero-order valence-electron chi connectivity index (χ0n) is 9.49. The molecule has 0 N–H and O–H groups in total. The molecule has 0 aliphatic carbocycles. The summed E-state index contributed by atoms with van der Waals surface area (Å²) in [7, 11) is 0. The average Bonchev–Trinajstić information content (AvgIpc) is 2.50. The number of aromatic nitrogens is 2. The van der Waals surface area contributed by atoms with Gasteiger partial charge in [-0.1, -0.05) is 6.92 Å². The van der Waals surface area contributed by atoms with Crippen molar-refractivity contribution in [2.24, 2.45) is 0 Å². The lowest BCUT2D eigenvalue weighted by Gasteiger charge is -2.10. The van der Waals surface area contributed by atoms with Crippen molar-refractivity contribution in [2.75, 3.05) is 6.61 Å². The summed E-state index contributed by atoms with van der Waals surface area (Å²) < 4.78 is 8.06. The molecule has 1 aromatic heterocycles. The summed E-state index contributed by atoms with van der Waals surface area (Å²) >= 11 is 3.34. The van der Waals surface area contributed by atoms with Gasteiger partial charge in [-0.05, 0) is 35.7 Å². The van der Waals surface area contributed by atoms with Gasteiger partial charge in [0.25, 0.3) is 0 Å². The third-order valence-electron chi connectivity index (χ3n) is 2.85. The molecule has 0 radical (unpaired) electrons. The molecule has 0 spiro atoms. The summed E-state index contributed by atoms with van der Waals surface area (Å²) in [6.07, 6.45) is 2.50. The number of halogens is 1. The molecule has 88 valence electrons. The number of nitrogens with zero attached hydrogens (tertiary/aromatic N) is 2. The Morgan fingerprint density at radius 1 is 1.69 bits per heavy atom. The van der Waals surface area contributed by atoms with E-state index in [0.717, 1.165) is 12.8 Å². The topological polar surface area (TPSA) is 44.1 Å². The molecule has 0 fully saturated rings. The predicted molar refractivity (Wildman–Crippen MR) is 64.0 cm³/mol. The van der Waals surface area contributed by atoms with E-state index in [4.69, 9.17) is 4.74 Å². The number of rotatable bonds is 2. The zero-order chi connectivity index (χ0) is 11.7. The number of ketones is 1. The molecule has 0 saturated heterocycles. The Balaban J connectivity index is 2.50. The first-order valence-corrected chi connectivity index (χ1v) is 6.38. The summed E-state index contributed by atoms with van der Waals surface area (Å²) in [4.78, 5) is 11.8.